The number of piperidine rings is 1. The van der Waals surface area contributed by atoms with E-state index in [0.29, 0.717) is 31.8 Å². The summed E-state index contributed by atoms with van der Waals surface area (Å²) in [5.74, 6) is 0.0755. The number of pyridine rings is 1. The molecular formula is C23H24N4O5. The Bertz CT molecular complexity index is 1280. The summed E-state index contributed by atoms with van der Waals surface area (Å²) in [5, 5.41) is 12.1. The van der Waals surface area contributed by atoms with Crippen LogP contribution in [0.4, 0.5) is 5.69 Å². The maximum atomic E-state index is 13.3. The summed E-state index contributed by atoms with van der Waals surface area (Å²) in [5.41, 5.74) is 1.53. The lowest BCUT2D eigenvalue weighted by molar-refractivity contribution is -0.386. The highest BCUT2D eigenvalue weighted by atomic mass is 16.6. The van der Waals surface area contributed by atoms with E-state index in [0.717, 1.165) is 29.6 Å². The second kappa shape index (κ2) is 7.90. The number of ether oxygens (including phenoxy) is 1. The van der Waals surface area contributed by atoms with Crippen LogP contribution in [-0.4, -0.2) is 51.7 Å². The monoisotopic (exact) mass is 436 g/mol. The minimum atomic E-state index is -0.630. The van der Waals surface area contributed by atoms with Gasteiger partial charge in [-0.05, 0) is 42.7 Å². The molecule has 0 spiro atoms. The summed E-state index contributed by atoms with van der Waals surface area (Å²) in [6.45, 7) is 2.81. The standard InChI is InChI=1S/C23H24N4O5/c1-32-9-8-24-7-6-16-11-17(2-3-19(16)24)22(28)25-12-15-10-18(14-25)20-4-5-21(27(30)31)23(29)26(20)13-15/h2-7,11,15,18H,8-10,12-14H2,1H3/t15-,18?/m0/s1. The highest BCUT2D eigenvalue weighted by Gasteiger charge is 2.37. The van der Waals surface area contributed by atoms with E-state index in [-0.39, 0.29) is 17.7 Å². The van der Waals surface area contributed by atoms with E-state index in [4.69, 9.17) is 4.74 Å². The molecule has 1 amide bonds. The molecule has 2 aromatic heterocycles. The molecule has 1 saturated heterocycles. The van der Waals surface area contributed by atoms with Crippen molar-refractivity contribution in [1.82, 2.24) is 14.0 Å². The molecule has 4 heterocycles. The molecule has 1 unspecified atom stereocenters. The van der Waals surface area contributed by atoms with Crippen molar-refractivity contribution in [3.05, 3.63) is 74.3 Å². The van der Waals surface area contributed by atoms with E-state index in [1.54, 1.807) is 13.2 Å². The molecule has 2 bridgehead atoms. The zero-order chi connectivity index (χ0) is 22.4. The average molecular weight is 436 g/mol. The molecule has 9 nitrogen and oxygen atoms in total. The number of nitrogens with zero attached hydrogens (tertiary/aromatic N) is 4. The van der Waals surface area contributed by atoms with Crippen molar-refractivity contribution in [2.24, 2.45) is 5.92 Å². The highest BCUT2D eigenvalue weighted by molar-refractivity contribution is 5.98. The highest BCUT2D eigenvalue weighted by Crippen LogP contribution is 2.36. The van der Waals surface area contributed by atoms with Crippen LogP contribution >= 0.6 is 0 Å². The Hall–Kier alpha value is -3.46. The number of benzene rings is 1. The molecule has 1 fully saturated rings. The van der Waals surface area contributed by atoms with E-state index >= 15 is 0 Å². The molecule has 0 radical (unpaired) electrons. The number of rotatable bonds is 5. The van der Waals surface area contributed by atoms with E-state index < -0.39 is 16.2 Å². The Labute approximate surface area is 184 Å². The van der Waals surface area contributed by atoms with E-state index in [1.165, 1.54) is 10.6 Å². The smallest absolute Gasteiger partial charge is 0.334 e. The molecule has 32 heavy (non-hydrogen) atoms. The van der Waals surface area contributed by atoms with Gasteiger partial charge in [-0.1, -0.05) is 0 Å². The van der Waals surface area contributed by atoms with E-state index in [1.807, 2.05) is 35.4 Å². The van der Waals surface area contributed by atoms with Crippen LogP contribution in [0.25, 0.3) is 10.9 Å². The number of carbonyl (C=O) groups is 1. The van der Waals surface area contributed by atoms with Gasteiger partial charge in [-0.25, -0.2) is 0 Å². The molecule has 2 aliphatic rings. The predicted octanol–water partition coefficient (Wildman–Crippen LogP) is 2.62. The number of carbonyl (C=O) groups excluding carboxylic acids is 1. The van der Waals surface area contributed by atoms with Gasteiger partial charge in [0, 0.05) is 73.6 Å². The third kappa shape index (κ3) is 3.38. The van der Waals surface area contributed by atoms with Crippen molar-refractivity contribution in [3.63, 3.8) is 0 Å². The van der Waals surface area contributed by atoms with Gasteiger partial charge < -0.3 is 18.8 Å². The number of fused-ring (bicyclic) bond motifs is 5. The number of nitro groups is 1. The van der Waals surface area contributed by atoms with Crippen molar-refractivity contribution in [1.29, 1.82) is 0 Å². The van der Waals surface area contributed by atoms with Gasteiger partial charge in [-0.3, -0.25) is 19.7 Å². The molecule has 0 saturated carbocycles. The van der Waals surface area contributed by atoms with Crippen LogP contribution in [0.5, 0.6) is 0 Å². The second-order valence-corrected chi connectivity index (χ2v) is 8.60. The molecule has 5 rings (SSSR count). The maximum Gasteiger partial charge on any atom is 0.334 e. The number of likely N-dealkylation sites (tertiary alicyclic amines) is 1. The molecular weight excluding hydrogens is 412 g/mol. The molecule has 3 aromatic rings. The Morgan fingerprint density at radius 3 is 2.81 bits per heavy atom. The maximum absolute atomic E-state index is 13.3. The quantitative estimate of drug-likeness (QED) is 0.452. The summed E-state index contributed by atoms with van der Waals surface area (Å²) < 4.78 is 8.79. The van der Waals surface area contributed by atoms with Gasteiger partial charge in [-0.15, -0.1) is 0 Å². The Balaban J connectivity index is 1.39. The van der Waals surface area contributed by atoms with Gasteiger partial charge in [0.1, 0.15) is 0 Å². The first-order valence-corrected chi connectivity index (χ1v) is 10.7. The summed E-state index contributed by atoms with van der Waals surface area (Å²) in [6.07, 6.45) is 2.87. The average Bonchev–Trinajstić information content (AvgIpc) is 3.19. The Morgan fingerprint density at radius 1 is 1.19 bits per heavy atom. The summed E-state index contributed by atoms with van der Waals surface area (Å²) in [6, 6.07) is 10.7. The minimum absolute atomic E-state index is 0.00110. The molecule has 2 aliphatic heterocycles. The van der Waals surface area contributed by atoms with Gasteiger partial charge in [0.25, 0.3) is 5.91 Å². The van der Waals surface area contributed by atoms with Crippen molar-refractivity contribution < 1.29 is 14.5 Å². The fourth-order valence-electron chi connectivity index (χ4n) is 5.14. The minimum Gasteiger partial charge on any atom is -0.383 e. The van der Waals surface area contributed by atoms with Crippen LogP contribution in [0.15, 0.2) is 47.4 Å². The topological polar surface area (TPSA) is 99.6 Å². The summed E-state index contributed by atoms with van der Waals surface area (Å²) >= 11 is 0. The van der Waals surface area contributed by atoms with Gasteiger partial charge in [-0.2, -0.15) is 0 Å². The molecule has 166 valence electrons. The van der Waals surface area contributed by atoms with Gasteiger partial charge in [0.15, 0.2) is 0 Å². The first-order chi connectivity index (χ1) is 15.5. The van der Waals surface area contributed by atoms with Crippen molar-refractivity contribution in [2.45, 2.75) is 25.4 Å². The van der Waals surface area contributed by atoms with Crippen LogP contribution < -0.4 is 5.56 Å². The van der Waals surface area contributed by atoms with Crippen molar-refractivity contribution in [2.75, 3.05) is 26.8 Å². The Kier molecular flexibility index (Phi) is 5.05. The number of hydrogen-bond acceptors (Lipinski definition) is 5. The normalized spacial score (nSPS) is 19.7. The zero-order valence-corrected chi connectivity index (χ0v) is 17.8. The van der Waals surface area contributed by atoms with Crippen LogP contribution in [0.2, 0.25) is 0 Å². The molecule has 0 aliphatic carbocycles. The molecule has 1 aromatic carbocycles. The lowest BCUT2D eigenvalue weighted by Crippen LogP contribution is -2.49. The summed E-state index contributed by atoms with van der Waals surface area (Å²) in [7, 11) is 1.67. The molecule has 0 N–H and O–H groups in total. The number of hydrogen-bond donors (Lipinski definition) is 0. The third-order valence-electron chi connectivity index (χ3n) is 6.62. The zero-order valence-electron chi connectivity index (χ0n) is 17.8. The summed E-state index contributed by atoms with van der Waals surface area (Å²) in [4.78, 5) is 38.2. The van der Waals surface area contributed by atoms with Gasteiger partial charge >= 0.3 is 11.2 Å². The van der Waals surface area contributed by atoms with Crippen LogP contribution in [0.1, 0.15) is 28.4 Å². The Morgan fingerprint density at radius 2 is 2.03 bits per heavy atom. The first-order valence-electron chi connectivity index (χ1n) is 10.7. The largest absolute Gasteiger partial charge is 0.383 e. The van der Waals surface area contributed by atoms with Gasteiger partial charge in [0.2, 0.25) is 0 Å². The molecule has 9 heteroatoms. The van der Waals surface area contributed by atoms with Crippen molar-refractivity contribution >= 4 is 22.5 Å². The fourth-order valence-corrected chi connectivity index (χ4v) is 5.14. The van der Waals surface area contributed by atoms with E-state index in [9.17, 15) is 19.7 Å². The second-order valence-electron chi connectivity index (χ2n) is 8.60. The fraction of sp³-hybridized carbons (Fsp3) is 0.391. The molecule has 2 atom stereocenters. The lowest BCUT2D eigenvalue weighted by Gasteiger charge is -2.42. The lowest BCUT2D eigenvalue weighted by atomic mass is 9.83. The van der Waals surface area contributed by atoms with Crippen LogP contribution in [0.3, 0.4) is 0 Å². The predicted molar refractivity (Wildman–Crippen MR) is 118 cm³/mol. The third-order valence-corrected chi connectivity index (χ3v) is 6.62. The van der Waals surface area contributed by atoms with E-state index in [2.05, 4.69) is 4.57 Å². The van der Waals surface area contributed by atoms with Crippen molar-refractivity contribution in [3.8, 4) is 0 Å². The SMILES string of the molecule is COCCn1ccc2cc(C(=O)N3CC4C[C@@H](C3)Cn3c4ccc([N+](=O)[O-])c3=O)ccc21. The first kappa shape index (κ1) is 20.4. The van der Waals surface area contributed by atoms with Crippen LogP contribution in [-0.2, 0) is 17.8 Å². The number of methoxy groups -OCH3 is 1. The van der Waals surface area contributed by atoms with Gasteiger partial charge in [0.05, 0.1) is 11.5 Å². The number of amides is 1. The number of aromatic nitrogens is 2. The van der Waals surface area contributed by atoms with Crippen LogP contribution in [0, 0.1) is 16.0 Å².